The Kier molecular flexibility index (Phi) is 4.29. The van der Waals surface area contributed by atoms with Gasteiger partial charge >= 0.3 is 0 Å². The number of rotatable bonds is 4. The van der Waals surface area contributed by atoms with Crippen LogP contribution in [0, 0.1) is 11.8 Å². The molecule has 5 heteroatoms. The number of nitrogens with zero attached hydrogens (tertiary/aromatic N) is 5. The monoisotopic (exact) mass is 285 g/mol. The van der Waals surface area contributed by atoms with Crippen LogP contribution in [-0.4, -0.2) is 44.3 Å². The van der Waals surface area contributed by atoms with Crippen LogP contribution in [0.4, 0.5) is 0 Å². The number of hydrogen-bond acceptors (Lipinski definition) is 4. The van der Waals surface area contributed by atoms with Gasteiger partial charge in [0.15, 0.2) is 5.82 Å². The van der Waals surface area contributed by atoms with Crippen molar-refractivity contribution in [2.45, 2.75) is 26.8 Å². The lowest BCUT2D eigenvalue weighted by molar-refractivity contribution is 0.135. The minimum atomic E-state index is 0.705. The Labute approximate surface area is 126 Å². The molecule has 112 valence electrons. The van der Waals surface area contributed by atoms with Crippen LogP contribution in [0.25, 0.3) is 11.5 Å². The van der Waals surface area contributed by atoms with E-state index in [4.69, 9.17) is 0 Å². The first-order chi connectivity index (χ1) is 10.2. The molecule has 0 saturated carbocycles. The van der Waals surface area contributed by atoms with E-state index in [0.717, 1.165) is 30.6 Å². The van der Waals surface area contributed by atoms with E-state index in [1.807, 2.05) is 22.9 Å². The van der Waals surface area contributed by atoms with E-state index < -0.39 is 0 Å². The Bertz CT molecular complexity index is 555. The van der Waals surface area contributed by atoms with E-state index in [1.165, 1.54) is 19.5 Å². The molecule has 0 amide bonds. The molecule has 0 aliphatic carbocycles. The van der Waals surface area contributed by atoms with Gasteiger partial charge in [-0.05, 0) is 30.4 Å². The molecule has 1 saturated heterocycles. The first-order valence-corrected chi connectivity index (χ1v) is 7.74. The van der Waals surface area contributed by atoms with Crippen molar-refractivity contribution in [1.29, 1.82) is 0 Å². The van der Waals surface area contributed by atoms with Gasteiger partial charge in [-0.1, -0.05) is 19.9 Å². The molecule has 2 atom stereocenters. The summed E-state index contributed by atoms with van der Waals surface area (Å²) in [5.41, 5.74) is 0.830. The lowest BCUT2D eigenvalue weighted by Crippen LogP contribution is -2.40. The zero-order valence-electron chi connectivity index (χ0n) is 12.8. The summed E-state index contributed by atoms with van der Waals surface area (Å²) in [6.45, 7) is 9.02. The fourth-order valence-electron chi connectivity index (χ4n) is 3.23. The summed E-state index contributed by atoms with van der Waals surface area (Å²) in [5, 5.41) is 4.52. The quantitative estimate of drug-likeness (QED) is 0.865. The summed E-state index contributed by atoms with van der Waals surface area (Å²) in [7, 11) is 0. The van der Waals surface area contributed by atoms with Crippen LogP contribution in [0.1, 0.15) is 20.3 Å². The number of aromatic nitrogens is 4. The maximum atomic E-state index is 4.52. The van der Waals surface area contributed by atoms with Gasteiger partial charge in [0.1, 0.15) is 12.0 Å². The highest BCUT2D eigenvalue weighted by Gasteiger charge is 2.21. The topological polar surface area (TPSA) is 46.8 Å². The lowest BCUT2D eigenvalue weighted by atomic mass is 9.92. The maximum Gasteiger partial charge on any atom is 0.199 e. The summed E-state index contributed by atoms with van der Waals surface area (Å²) in [6, 6.07) is 5.80. The molecule has 1 aliphatic heterocycles. The summed E-state index contributed by atoms with van der Waals surface area (Å²) in [5.74, 6) is 2.30. The molecule has 0 radical (unpaired) electrons. The van der Waals surface area contributed by atoms with Gasteiger partial charge in [0.2, 0.25) is 0 Å². The van der Waals surface area contributed by atoms with Gasteiger partial charge in [-0.15, -0.1) is 5.10 Å². The molecule has 0 spiro atoms. The van der Waals surface area contributed by atoms with Crippen LogP contribution in [0.15, 0.2) is 30.7 Å². The lowest BCUT2D eigenvalue weighted by Gasteiger charge is -2.34. The van der Waals surface area contributed by atoms with E-state index in [1.54, 1.807) is 12.5 Å². The zero-order valence-corrected chi connectivity index (χ0v) is 12.8. The molecule has 0 aromatic carbocycles. The highest BCUT2D eigenvalue weighted by Crippen LogP contribution is 2.20. The molecule has 2 aromatic heterocycles. The fraction of sp³-hybridized carbons (Fsp3) is 0.562. The molecule has 5 nitrogen and oxygen atoms in total. The molecule has 1 fully saturated rings. The van der Waals surface area contributed by atoms with E-state index in [0.29, 0.717) is 5.82 Å². The summed E-state index contributed by atoms with van der Waals surface area (Å²) in [4.78, 5) is 11.2. The van der Waals surface area contributed by atoms with E-state index >= 15 is 0 Å². The van der Waals surface area contributed by atoms with E-state index in [9.17, 15) is 0 Å². The van der Waals surface area contributed by atoms with E-state index in [-0.39, 0.29) is 0 Å². The normalized spacial score (nSPS) is 23.3. The van der Waals surface area contributed by atoms with Crippen LogP contribution in [0.5, 0.6) is 0 Å². The van der Waals surface area contributed by atoms with Crippen LogP contribution >= 0.6 is 0 Å². The smallest absolute Gasteiger partial charge is 0.199 e. The zero-order chi connectivity index (χ0) is 14.7. The molecule has 2 aromatic rings. The van der Waals surface area contributed by atoms with Gasteiger partial charge in [-0.2, -0.15) is 0 Å². The molecule has 21 heavy (non-hydrogen) atoms. The van der Waals surface area contributed by atoms with Crippen LogP contribution in [0.3, 0.4) is 0 Å². The number of piperidine rings is 1. The maximum absolute atomic E-state index is 4.52. The first kappa shape index (κ1) is 14.2. The molecule has 0 unspecified atom stereocenters. The molecular formula is C16H23N5. The first-order valence-electron chi connectivity index (χ1n) is 7.74. The van der Waals surface area contributed by atoms with Crippen LogP contribution < -0.4 is 0 Å². The Balaban J connectivity index is 1.58. The molecule has 3 rings (SSSR count). The minimum absolute atomic E-state index is 0.705. The molecular weight excluding hydrogens is 262 g/mol. The fourth-order valence-corrected chi connectivity index (χ4v) is 3.23. The van der Waals surface area contributed by atoms with Crippen molar-refractivity contribution in [3.05, 3.63) is 30.7 Å². The third-order valence-electron chi connectivity index (χ3n) is 4.02. The highest BCUT2D eigenvalue weighted by molar-refractivity contribution is 5.46. The molecule has 3 heterocycles. The van der Waals surface area contributed by atoms with Crippen molar-refractivity contribution in [2.24, 2.45) is 11.8 Å². The Morgan fingerprint density at radius 1 is 1.10 bits per heavy atom. The SMILES string of the molecule is C[C@@H]1C[C@@H](C)CN(CCn2cnc(-c3ccccn3)n2)C1. The number of hydrogen-bond donors (Lipinski definition) is 0. The molecule has 0 N–H and O–H groups in total. The van der Waals surface area contributed by atoms with Crippen LogP contribution in [-0.2, 0) is 6.54 Å². The largest absolute Gasteiger partial charge is 0.301 e. The summed E-state index contributed by atoms with van der Waals surface area (Å²) >= 11 is 0. The predicted molar refractivity (Wildman–Crippen MR) is 82.6 cm³/mol. The standard InChI is InChI=1S/C16H23N5/c1-13-9-14(2)11-20(10-13)7-8-21-12-18-16(19-21)15-5-3-4-6-17-15/h3-6,12-14H,7-11H2,1-2H3/t13-,14-/m1/s1. The van der Waals surface area contributed by atoms with Crippen molar-refractivity contribution >= 4 is 0 Å². The van der Waals surface area contributed by atoms with Gasteiger partial charge < -0.3 is 4.90 Å². The number of likely N-dealkylation sites (tertiary alicyclic amines) is 1. The van der Waals surface area contributed by atoms with Crippen molar-refractivity contribution in [3.8, 4) is 11.5 Å². The van der Waals surface area contributed by atoms with Gasteiger partial charge in [-0.25, -0.2) is 4.98 Å². The van der Waals surface area contributed by atoms with E-state index in [2.05, 4.69) is 33.8 Å². The molecule has 0 bridgehead atoms. The Hall–Kier alpha value is -1.75. The van der Waals surface area contributed by atoms with Crippen molar-refractivity contribution in [3.63, 3.8) is 0 Å². The Morgan fingerprint density at radius 3 is 2.62 bits per heavy atom. The summed E-state index contributed by atoms with van der Waals surface area (Å²) < 4.78 is 1.92. The van der Waals surface area contributed by atoms with Gasteiger partial charge in [0.05, 0.1) is 6.54 Å². The average molecular weight is 285 g/mol. The van der Waals surface area contributed by atoms with Crippen molar-refractivity contribution in [2.75, 3.05) is 19.6 Å². The third kappa shape index (κ3) is 3.67. The van der Waals surface area contributed by atoms with Gasteiger partial charge in [0.25, 0.3) is 0 Å². The van der Waals surface area contributed by atoms with Gasteiger partial charge in [0, 0.05) is 25.8 Å². The minimum Gasteiger partial charge on any atom is -0.301 e. The van der Waals surface area contributed by atoms with Gasteiger partial charge in [-0.3, -0.25) is 9.67 Å². The third-order valence-corrected chi connectivity index (χ3v) is 4.02. The highest BCUT2D eigenvalue weighted by atomic mass is 15.3. The van der Waals surface area contributed by atoms with Crippen molar-refractivity contribution < 1.29 is 0 Å². The average Bonchev–Trinajstić information content (AvgIpc) is 2.94. The van der Waals surface area contributed by atoms with Crippen molar-refractivity contribution in [1.82, 2.24) is 24.6 Å². The second-order valence-corrected chi connectivity index (χ2v) is 6.25. The summed E-state index contributed by atoms with van der Waals surface area (Å²) in [6.07, 6.45) is 4.93. The second-order valence-electron chi connectivity index (χ2n) is 6.25. The number of pyridine rings is 1. The predicted octanol–water partition coefficient (Wildman–Crippen LogP) is 2.32. The van der Waals surface area contributed by atoms with Crippen LogP contribution in [0.2, 0.25) is 0 Å². The Morgan fingerprint density at radius 2 is 1.90 bits per heavy atom. The molecule has 1 aliphatic rings. The second kappa shape index (κ2) is 6.35.